The van der Waals surface area contributed by atoms with Gasteiger partial charge in [-0.05, 0) is 55.1 Å². The topological polar surface area (TPSA) is 210 Å². The van der Waals surface area contributed by atoms with E-state index in [1.165, 1.54) is 0 Å². The molecule has 2 aromatic carbocycles. The third-order valence-electron chi connectivity index (χ3n) is 7.60. The summed E-state index contributed by atoms with van der Waals surface area (Å²) in [6, 6.07) is 16.1. The van der Waals surface area contributed by atoms with Gasteiger partial charge < -0.3 is 42.6 Å². The molecule has 2 aromatic rings. The number of guanidine groups is 1. The van der Waals surface area contributed by atoms with E-state index in [1.807, 2.05) is 88.4 Å². The van der Waals surface area contributed by atoms with E-state index < -0.39 is 42.1 Å². The molecule has 4 atom stereocenters. The van der Waals surface area contributed by atoms with Crippen LogP contribution < -0.4 is 32.7 Å². The van der Waals surface area contributed by atoms with Crippen LogP contribution in [-0.2, 0) is 32.1 Å². The Balaban J connectivity index is 2.08. The van der Waals surface area contributed by atoms with Gasteiger partial charge in [0.1, 0.15) is 18.7 Å². The van der Waals surface area contributed by atoms with Crippen molar-refractivity contribution in [1.82, 2.24) is 21.3 Å². The van der Waals surface area contributed by atoms with Crippen LogP contribution in [0.5, 0.6) is 0 Å². The predicted octanol–water partition coefficient (Wildman–Crippen LogP) is 2.51. The van der Waals surface area contributed by atoms with E-state index in [2.05, 4.69) is 26.3 Å². The van der Waals surface area contributed by atoms with Crippen molar-refractivity contribution < 1.29 is 29.0 Å². The SMILES string of the molecule is CC(C)C[C@H](NC(=O)[C@H](CCCN=C(N)N)NC(=O)OCc1ccccc1)C(=O)N[C@@H](CC(C)C)[C@@H](O)CC(=O)NCCc1ccccc1. The number of nitrogens with two attached hydrogens (primary N) is 2. The van der Waals surface area contributed by atoms with Crippen LogP contribution in [0.25, 0.3) is 0 Å². The second-order valence-corrected chi connectivity index (χ2v) is 13.0. The summed E-state index contributed by atoms with van der Waals surface area (Å²) in [4.78, 5) is 56.6. The predicted molar refractivity (Wildman–Crippen MR) is 190 cm³/mol. The van der Waals surface area contributed by atoms with Crippen molar-refractivity contribution in [3.63, 3.8) is 0 Å². The van der Waals surface area contributed by atoms with E-state index in [-0.39, 0.29) is 49.7 Å². The van der Waals surface area contributed by atoms with Crippen LogP contribution in [0.4, 0.5) is 4.79 Å². The smallest absolute Gasteiger partial charge is 0.408 e. The average Bonchev–Trinajstić information content (AvgIpc) is 3.04. The van der Waals surface area contributed by atoms with Gasteiger partial charge >= 0.3 is 6.09 Å². The fraction of sp³-hybridized carbons (Fsp3) is 0.528. The maximum absolute atomic E-state index is 13.7. The Kier molecular flexibility index (Phi) is 18.3. The lowest BCUT2D eigenvalue weighted by atomic mass is 9.95. The summed E-state index contributed by atoms with van der Waals surface area (Å²) in [5.41, 5.74) is 12.7. The highest BCUT2D eigenvalue weighted by Crippen LogP contribution is 2.14. The normalized spacial score (nSPS) is 13.4. The molecule has 49 heavy (non-hydrogen) atoms. The molecule has 0 bridgehead atoms. The maximum Gasteiger partial charge on any atom is 0.408 e. The number of aliphatic hydroxyl groups is 1. The van der Waals surface area contributed by atoms with E-state index in [0.29, 0.717) is 32.2 Å². The number of carbonyl (C=O) groups is 4. The number of amides is 4. The van der Waals surface area contributed by atoms with Crippen molar-refractivity contribution in [3.8, 4) is 0 Å². The number of alkyl carbamates (subject to hydrolysis) is 1. The minimum absolute atomic E-state index is 0.0119. The molecule has 9 N–H and O–H groups in total. The Labute approximate surface area is 290 Å². The highest BCUT2D eigenvalue weighted by atomic mass is 16.5. The maximum atomic E-state index is 13.7. The molecule has 13 nitrogen and oxygen atoms in total. The zero-order valence-corrected chi connectivity index (χ0v) is 29.2. The molecular formula is C36H55N7O6. The molecule has 13 heteroatoms. The zero-order chi connectivity index (χ0) is 36.2. The van der Waals surface area contributed by atoms with Crippen molar-refractivity contribution in [3.05, 3.63) is 71.8 Å². The number of aliphatic hydroxyl groups excluding tert-OH is 1. The minimum Gasteiger partial charge on any atom is -0.445 e. The molecule has 0 radical (unpaired) electrons. The first-order valence-corrected chi connectivity index (χ1v) is 17.0. The van der Waals surface area contributed by atoms with Crippen LogP contribution in [0.15, 0.2) is 65.7 Å². The summed E-state index contributed by atoms with van der Waals surface area (Å²) < 4.78 is 5.33. The van der Waals surface area contributed by atoms with Gasteiger partial charge in [0.2, 0.25) is 17.7 Å². The molecule has 0 unspecified atom stereocenters. The van der Waals surface area contributed by atoms with Gasteiger partial charge in [0.15, 0.2) is 5.96 Å². The molecule has 0 aliphatic carbocycles. The van der Waals surface area contributed by atoms with Crippen LogP contribution in [0.3, 0.4) is 0 Å². The number of nitrogens with one attached hydrogen (secondary N) is 4. The summed E-state index contributed by atoms with van der Waals surface area (Å²) in [6.45, 7) is 8.40. The fourth-order valence-corrected chi connectivity index (χ4v) is 5.15. The number of rotatable bonds is 21. The lowest BCUT2D eigenvalue weighted by molar-refractivity contribution is -0.131. The molecule has 0 fully saturated rings. The molecule has 0 aromatic heterocycles. The van der Waals surface area contributed by atoms with Crippen molar-refractivity contribution in [1.29, 1.82) is 0 Å². The Bertz CT molecular complexity index is 1320. The molecule has 2 rings (SSSR count). The molecule has 0 saturated carbocycles. The van der Waals surface area contributed by atoms with Gasteiger partial charge in [-0.1, -0.05) is 88.4 Å². The van der Waals surface area contributed by atoms with E-state index >= 15 is 0 Å². The van der Waals surface area contributed by atoms with Gasteiger partial charge in [-0.3, -0.25) is 19.4 Å². The average molecular weight is 682 g/mol. The molecule has 4 amide bonds. The lowest BCUT2D eigenvalue weighted by Gasteiger charge is -2.29. The molecule has 0 aliphatic heterocycles. The number of carbonyl (C=O) groups excluding carboxylic acids is 4. The van der Waals surface area contributed by atoms with Gasteiger partial charge in [-0.25, -0.2) is 4.79 Å². The van der Waals surface area contributed by atoms with Crippen molar-refractivity contribution in [2.75, 3.05) is 13.1 Å². The Morgan fingerprint density at radius 3 is 1.98 bits per heavy atom. The quantitative estimate of drug-likeness (QED) is 0.0590. The molecule has 270 valence electrons. The zero-order valence-electron chi connectivity index (χ0n) is 29.2. The standard InChI is InChI=1S/C36H55N7O6/c1-24(2)20-29(31(44)22-32(45)39-19-17-26-12-7-5-8-13-26)41-34(47)30(21-25(3)4)42-33(46)28(16-11-18-40-35(37)38)43-36(48)49-23-27-14-9-6-10-15-27/h5-10,12-15,24-25,28-31,44H,11,16-23H2,1-4H3,(H,39,45)(H,41,47)(H,42,46)(H,43,48)(H4,37,38,40)/t28-,29-,30-,31-/m0/s1. The summed E-state index contributed by atoms with van der Waals surface area (Å²) >= 11 is 0. The molecule has 0 aliphatic rings. The second kappa shape index (κ2) is 22.1. The summed E-state index contributed by atoms with van der Waals surface area (Å²) in [7, 11) is 0. The highest BCUT2D eigenvalue weighted by molar-refractivity contribution is 5.91. The highest BCUT2D eigenvalue weighted by Gasteiger charge is 2.31. The first-order chi connectivity index (χ1) is 23.3. The monoisotopic (exact) mass is 681 g/mol. The van der Waals surface area contributed by atoms with Crippen LogP contribution in [0, 0.1) is 11.8 Å². The number of ether oxygens (including phenoxy) is 1. The van der Waals surface area contributed by atoms with Crippen LogP contribution in [-0.4, -0.2) is 72.2 Å². The second-order valence-electron chi connectivity index (χ2n) is 13.0. The van der Waals surface area contributed by atoms with Crippen LogP contribution in [0.2, 0.25) is 0 Å². The number of aliphatic imine (C=N–C) groups is 1. The van der Waals surface area contributed by atoms with Crippen LogP contribution >= 0.6 is 0 Å². The number of benzene rings is 2. The molecule has 0 spiro atoms. The molecular weight excluding hydrogens is 626 g/mol. The molecule has 0 saturated heterocycles. The van der Waals surface area contributed by atoms with Crippen molar-refractivity contribution >= 4 is 29.8 Å². The number of nitrogens with zero attached hydrogens (tertiary/aromatic N) is 1. The van der Waals surface area contributed by atoms with Gasteiger partial charge in [-0.2, -0.15) is 0 Å². The van der Waals surface area contributed by atoms with E-state index in [9.17, 15) is 24.3 Å². The van der Waals surface area contributed by atoms with Crippen molar-refractivity contribution in [2.24, 2.45) is 28.3 Å². The lowest BCUT2D eigenvalue weighted by Crippen LogP contribution is -2.57. The van der Waals surface area contributed by atoms with Crippen LogP contribution in [0.1, 0.15) is 70.9 Å². The third-order valence-corrected chi connectivity index (χ3v) is 7.60. The van der Waals surface area contributed by atoms with Crippen molar-refractivity contribution in [2.45, 2.75) is 97.1 Å². The van der Waals surface area contributed by atoms with E-state index in [4.69, 9.17) is 16.2 Å². The fourth-order valence-electron chi connectivity index (χ4n) is 5.15. The largest absolute Gasteiger partial charge is 0.445 e. The first-order valence-electron chi connectivity index (χ1n) is 17.0. The number of hydrogen-bond donors (Lipinski definition) is 7. The van der Waals surface area contributed by atoms with Gasteiger partial charge in [0.25, 0.3) is 0 Å². The summed E-state index contributed by atoms with van der Waals surface area (Å²) in [6.07, 6.45) is -0.239. The minimum atomic E-state index is -1.15. The van der Waals surface area contributed by atoms with E-state index in [1.54, 1.807) is 0 Å². The Morgan fingerprint density at radius 1 is 0.796 bits per heavy atom. The Morgan fingerprint density at radius 2 is 1.39 bits per heavy atom. The summed E-state index contributed by atoms with van der Waals surface area (Å²) in [5, 5.41) is 22.2. The van der Waals surface area contributed by atoms with E-state index in [0.717, 1.165) is 11.1 Å². The first kappa shape index (κ1) is 40.5. The van der Waals surface area contributed by atoms with Gasteiger partial charge in [-0.15, -0.1) is 0 Å². The molecule has 0 heterocycles. The number of hydrogen-bond acceptors (Lipinski definition) is 7. The third kappa shape index (κ3) is 17.4. The Hall–Kier alpha value is -4.65. The van der Waals surface area contributed by atoms with Gasteiger partial charge in [0, 0.05) is 13.1 Å². The van der Waals surface area contributed by atoms with Gasteiger partial charge in [0.05, 0.1) is 18.6 Å². The summed E-state index contributed by atoms with van der Waals surface area (Å²) in [5.74, 6) is -1.38.